The van der Waals surface area contributed by atoms with Crippen molar-refractivity contribution in [1.82, 2.24) is 0 Å². The van der Waals surface area contributed by atoms with Gasteiger partial charge in [0, 0.05) is 0 Å². The quantitative estimate of drug-likeness (QED) is 0.727. The van der Waals surface area contributed by atoms with Crippen LogP contribution in [0.25, 0.3) is 0 Å². The standard InChI is InChI=1S/C11H22O6/c1-9-8-15-17-16-14-5-3-2-4-10(9)6-11(13)7-12/h9-13H,2-8H2,1H3. The summed E-state index contributed by atoms with van der Waals surface area (Å²) >= 11 is 0. The summed E-state index contributed by atoms with van der Waals surface area (Å²) in [5, 5.41) is 27.1. The Morgan fingerprint density at radius 1 is 1.24 bits per heavy atom. The fourth-order valence-corrected chi connectivity index (χ4v) is 1.97. The molecule has 17 heavy (non-hydrogen) atoms. The van der Waals surface area contributed by atoms with Crippen LogP contribution in [-0.4, -0.2) is 36.1 Å². The third kappa shape index (κ3) is 6.30. The molecule has 0 bridgehead atoms. The van der Waals surface area contributed by atoms with Gasteiger partial charge in [-0.1, -0.05) is 13.3 Å². The van der Waals surface area contributed by atoms with E-state index in [0.717, 1.165) is 19.3 Å². The van der Waals surface area contributed by atoms with Crippen LogP contribution in [0, 0.1) is 11.8 Å². The molecule has 1 aliphatic rings. The molecule has 0 amide bonds. The van der Waals surface area contributed by atoms with Crippen LogP contribution >= 0.6 is 0 Å². The third-order valence-electron chi connectivity index (χ3n) is 3.10. The highest BCUT2D eigenvalue weighted by Crippen LogP contribution is 2.24. The molecular formula is C11H22O6. The second-order valence-corrected chi connectivity index (χ2v) is 4.55. The Kier molecular flexibility index (Phi) is 7.67. The second kappa shape index (κ2) is 8.79. The Balaban J connectivity index is 2.42. The van der Waals surface area contributed by atoms with Crippen LogP contribution < -0.4 is 0 Å². The largest absolute Gasteiger partial charge is 0.394 e. The molecule has 3 unspecified atom stereocenters. The van der Waals surface area contributed by atoms with Crippen LogP contribution in [0.5, 0.6) is 0 Å². The van der Waals surface area contributed by atoms with E-state index in [1.54, 1.807) is 0 Å². The molecule has 6 heteroatoms. The zero-order valence-corrected chi connectivity index (χ0v) is 10.2. The zero-order chi connectivity index (χ0) is 12.5. The number of hydrogen-bond donors (Lipinski definition) is 2. The summed E-state index contributed by atoms with van der Waals surface area (Å²) in [6.07, 6.45) is 2.72. The Labute approximate surface area is 101 Å². The minimum absolute atomic E-state index is 0.202. The maximum atomic E-state index is 9.50. The van der Waals surface area contributed by atoms with Crippen LogP contribution in [0.15, 0.2) is 0 Å². The average Bonchev–Trinajstić information content (AvgIpc) is 2.37. The van der Waals surface area contributed by atoms with Gasteiger partial charge in [0.2, 0.25) is 0 Å². The summed E-state index contributed by atoms with van der Waals surface area (Å²) in [7, 11) is 0. The van der Waals surface area contributed by atoms with Crippen LogP contribution in [0.3, 0.4) is 0 Å². The Morgan fingerprint density at radius 2 is 2.00 bits per heavy atom. The van der Waals surface area contributed by atoms with E-state index in [1.165, 1.54) is 0 Å². The maximum Gasteiger partial charge on any atom is 0.0883 e. The van der Waals surface area contributed by atoms with Gasteiger partial charge in [0.1, 0.15) is 0 Å². The van der Waals surface area contributed by atoms with Crippen molar-refractivity contribution >= 4 is 0 Å². The highest BCUT2D eigenvalue weighted by atomic mass is 17.7. The van der Waals surface area contributed by atoms with E-state index in [4.69, 9.17) is 14.9 Å². The van der Waals surface area contributed by atoms with Crippen molar-refractivity contribution in [1.29, 1.82) is 0 Å². The molecule has 2 N–H and O–H groups in total. The molecule has 1 saturated heterocycles. The van der Waals surface area contributed by atoms with E-state index in [1.807, 2.05) is 6.92 Å². The smallest absolute Gasteiger partial charge is 0.0883 e. The van der Waals surface area contributed by atoms with E-state index < -0.39 is 6.10 Å². The Bertz CT molecular complexity index is 189. The van der Waals surface area contributed by atoms with Gasteiger partial charge >= 0.3 is 0 Å². The molecule has 102 valence electrons. The van der Waals surface area contributed by atoms with Crippen LogP contribution in [0.2, 0.25) is 0 Å². The summed E-state index contributed by atoms with van der Waals surface area (Å²) in [6.45, 7) is 2.64. The van der Waals surface area contributed by atoms with Gasteiger partial charge in [0.15, 0.2) is 0 Å². The highest BCUT2D eigenvalue weighted by molar-refractivity contribution is 4.70. The van der Waals surface area contributed by atoms with E-state index >= 15 is 0 Å². The topological polar surface area (TPSA) is 77.4 Å². The molecule has 1 fully saturated rings. The average molecular weight is 250 g/mol. The molecular weight excluding hydrogens is 228 g/mol. The minimum Gasteiger partial charge on any atom is -0.394 e. The minimum atomic E-state index is -0.666. The monoisotopic (exact) mass is 250 g/mol. The lowest BCUT2D eigenvalue weighted by atomic mass is 9.85. The van der Waals surface area contributed by atoms with Crippen molar-refractivity contribution in [3.8, 4) is 0 Å². The van der Waals surface area contributed by atoms with E-state index in [-0.39, 0.29) is 12.5 Å². The van der Waals surface area contributed by atoms with Gasteiger partial charge in [-0.3, -0.25) is 0 Å². The van der Waals surface area contributed by atoms with Gasteiger partial charge in [0.05, 0.1) is 25.9 Å². The lowest BCUT2D eigenvalue weighted by Crippen LogP contribution is -2.24. The summed E-state index contributed by atoms with van der Waals surface area (Å²) < 4.78 is 0. The molecule has 0 spiro atoms. The lowest BCUT2D eigenvalue weighted by molar-refractivity contribution is -0.635. The maximum absolute atomic E-state index is 9.50. The molecule has 1 aliphatic heterocycles. The van der Waals surface area contributed by atoms with Crippen molar-refractivity contribution in [2.75, 3.05) is 19.8 Å². The van der Waals surface area contributed by atoms with Crippen LogP contribution in [0.4, 0.5) is 0 Å². The third-order valence-corrected chi connectivity index (χ3v) is 3.10. The normalized spacial score (nSPS) is 30.5. The van der Waals surface area contributed by atoms with Crippen LogP contribution in [0.1, 0.15) is 32.6 Å². The molecule has 0 aromatic carbocycles. The molecule has 0 aromatic heterocycles. The first kappa shape index (κ1) is 14.8. The Morgan fingerprint density at radius 3 is 2.76 bits per heavy atom. The van der Waals surface area contributed by atoms with Gasteiger partial charge in [-0.15, -0.1) is 0 Å². The molecule has 6 nitrogen and oxygen atoms in total. The van der Waals surface area contributed by atoms with Gasteiger partial charge in [-0.25, -0.2) is 9.78 Å². The van der Waals surface area contributed by atoms with Crippen molar-refractivity contribution in [3.05, 3.63) is 0 Å². The second-order valence-electron chi connectivity index (χ2n) is 4.55. The van der Waals surface area contributed by atoms with Crippen molar-refractivity contribution < 1.29 is 30.1 Å². The molecule has 3 atom stereocenters. The number of aliphatic hydroxyl groups excluding tert-OH is 2. The van der Waals surface area contributed by atoms with Crippen molar-refractivity contribution in [2.45, 2.75) is 38.7 Å². The molecule has 0 aliphatic carbocycles. The molecule has 0 saturated carbocycles. The van der Waals surface area contributed by atoms with E-state index in [2.05, 4.69) is 10.1 Å². The first-order chi connectivity index (χ1) is 8.24. The summed E-state index contributed by atoms with van der Waals surface area (Å²) in [5.41, 5.74) is 0. The predicted molar refractivity (Wildman–Crippen MR) is 58.3 cm³/mol. The van der Waals surface area contributed by atoms with Gasteiger partial charge in [-0.2, -0.15) is 0 Å². The first-order valence-corrected chi connectivity index (χ1v) is 6.10. The summed E-state index contributed by atoms with van der Waals surface area (Å²) in [5.74, 6) is 0.511. The highest BCUT2D eigenvalue weighted by Gasteiger charge is 2.21. The molecule has 1 heterocycles. The van der Waals surface area contributed by atoms with Crippen molar-refractivity contribution in [2.24, 2.45) is 11.8 Å². The van der Waals surface area contributed by atoms with E-state index in [0.29, 0.717) is 25.6 Å². The number of hydrogen-bond acceptors (Lipinski definition) is 6. The van der Waals surface area contributed by atoms with Gasteiger partial charge in [0.25, 0.3) is 0 Å². The first-order valence-electron chi connectivity index (χ1n) is 6.10. The van der Waals surface area contributed by atoms with Gasteiger partial charge in [-0.05, 0) is 41.2 Å². The SMILES string of the molecule is CC1COOOOCCCCC1CC(O)CO. The summed E-state index contributed by atoms with van der Waals surface area (Å²) in [6, 6.07) is 0. The van der Waals surface area contributed by atoms with E-state index in [9.17, 15) is 5.11 Å². The predicted octanol–water partition coefficient (Wildman–Crippen LogP) is 0.977. The summed E-state index contributed by atoms with van der Waals surface area (Å²) in [4.78, 5) is 9.53. The lowest BCUT2D eigenvalue weighted by Gasteiger charge is -2.24. The zero-order valence-electron chi connectivity index (χ0n) is 10.2. The molecule has 1 rings (SSSR count). The molecule has 0 radical (unpaired) electrons. The van der Waals surface area contributed by atoms with Gasteiger partial charge < -0.3 is 10.2 Å². The molecule has 0 aromatic rings. The Hall–Kier alpha value is -0.240. The fraction of sp³-hybridized carbons (Fsp3) is 1.00. The van der Waals surface area contributed by atoms with Crippen molar-refractivity contribution in [3.63, 3.8) is 0 Å². The number of aliphatic hydroxyl groups is 2. The fourth-order valence-electron chi connectivity index (χ4n) is 1.97. The van der Waals surface area contributed by atoms with Crippen LogP contribution in [-0.2, 0) is 19.9 Å². The number of rotatable bonds is 3.